The molecule has 0 radical (unpaired) electrons. The molecule has 3 atom stereocenters. The number of ketones is 1. The average Bonchev–Trinajstić information content (AvgIpc) is 2.61. The molecular weight excluding hydrogens is 304 g/mol. The van der Waals surface area contributed by atoms with E-state index in [2.05, 4.69) is 23.0 Å². The summed E-state index contributed by atoms with van der Waals surface area (Å²) < 4.78 is 5.75. The number of allylic oxidation sites excluding steroid dienone is 2. The lowest BCUT2D eigenvalue weighted by Gasteiger charge is -2.45. The van der Waals surface area contributed by atoms with Gasteiger partial charge in [0.25, 0.3) is 0 Å². The standard InChI is InChI=1S/C16H17N3O.CH5NO.CH4/c1-9-13-5-4-11-8-18-10(2)19-15(11)16(13,3)6-12(7-17)14(9)20;1-2-3;/h6,8-9,13H,4-5H2,1-3H3;2-3H,1H3;1H4/t9-,13-,16-;;/m0../s1/i;;1T. The highest BCUT2D eigenvalue weighted by Gasteiger charge is 2.48. The SMILES string of the molecule is CNO.Cc1ncc2c(n1)[C@@]1(C)C=C(C#N)C(=O)[C@@H](C)[C@@H]1CC2.[3H]C. The van der Waals surface area contributed by atoms with Crippen LogP contribution in [-0.2, 0) is 16.6 Å². The Balaban J connectivity index is 0.000000567. The first-order valence-electron chi connectivity index (χ1n) is 8.70. The smallest absolute Gasteiger partial charge is 0.176 e. The molecule has 2 aliphatic rings. The summed E-state index contributed by atoms with van der Waals surface area (Å²) in [7, 11) is 2.68. The molecule has 0 fully saturated rings. The zero-order valence-electron chi connectivity index (χ0n) is 15.9. The van der Waals surface area contributed by atoms with Crippen LogP contribution in [0.5, 0.6) is 0 Å². The number of aryl methyl sites for hydroxylation is 2. The molecule has 24 heavy (non-hydrogen) atoms. The van der Waals surface area contributed by atoms with Crippen molar-refractivity contribution in [3.05, 3.63) is 34.9 Å². The van der Waals surface area contributed by atoms with Crippen LogP contribution >= 0.6 is 0 Å². The lowest BCUT2D eigenvalue weighted by atomic mass is 9.58. The molecule has 2 aliphatic carbocycles. The van der Waals surface area contributed by atoms with E-state index in [1.54, 1.807) is 5.48 Å². The lowest BCUT2D eigenvalue weighted by Crippen LogP contribution is -2.46. The van der Waals surface area contributed by atoms with Crippen LogP contribution in [-0.4, -0.2) is 28.0 Å². The molecule has 3 rings (SSSR count). The quantitative estimate of drug-likeness (QED) is 0.708. The molecule has 0 aromatic carbocycles. The monoisotopic (exact) mass is 332 g/mol. The van der Waals surface area contributed by atoms with Crippen molar-refractivity contribution in [2.24, 2.45) is 11.8 Å². The molecule has 130 valence electrons. The Morgan fingerprint density at radius 2 is 2.21 bits per heavy atom. The van der Waals surface area contributed by atoms with Gasteiger partial charge in [-0.05, 0) is 31.2 Å². The molecule has 1 aromatic rings. The number of carbonyl (C=O) groups is 1. The van der Waals surface area contributed by atoms with Crippen molar-refractivity contribution in [1.29, 1.82) is 5.26 Å². The number of Topliss-reactive ketones (excluding diaryl/α,β-unsaturated/α-hetero) is 1. The van der Waals surface area contributed by atoms with Crippen molar-refractivity contribution >= 4 is 5.78 Å². The van der Waals surface area contributed by atoms with Crippen molar-refractivity contribution < 1.29 is 11.4 Å². The van der Waals surface area contributed by atoms with E-state index in [4.69, 9.17) is 6.58 Å². The zero-order valence-corrected chi connectivity index (χ0v) is 14.9. The van der Waals surface area contributed by atoms with Crippen LogP contribution in [0.3, 0.4) is 0 Å². The van der Waals surface area contributed by atoms with E-state index in [1.807, 2.05) is 26.1 Å². The number of hydrogen-bond donors (Lipinski definition) is 2. The summed E-state index contributed by atoms with van der Waals surface area (Å²) in [5.41, 5.74) is 3.83. The molecule has 0 aliphatic heterocycles. The number of rotatable bonds is 0. The number of nitriles is 1. The van der Waals surface area contributed by atoms with Crippen molar-refractivity contribution in [1.82, 2.24) is 15.4 Å². The molecule has 0 spiro atoms. The molecule has 6 nitrogen and oxygen atoms in total. The average molecular weight is 332 g/mol. The van der Waals surface area contributed by atoms with Crippen LogP contribution in [0.15, 0.2) is 17.8 Å². The molecule has 0 unspecified atom stereocenters. The largest absolute Gasteiger partial charge is 0.317 e. The van der Waals surface area contributed by atoms with Gasteiger partial charge in [0.2, 0.25) is 0 Å². The molecule has 1 aromatic heterocycles. The van der Waals surface area contributed by atoms with Gasteiger partial charge in [0.15, 0.2) is 5.78 Å². The summed E-state index contributed by atoms with van der Waals surface area (Å²) in [4.78, 5) is 21.1. The second-order valence-corrected chi connectivity index (χ2v) is 6.27. The van der Waals surface area contributed by atoms with Gasteiger partial charge >= 0.3 is 0 Å². The highest BCUT2D eigenvalue weighted by Crippen LogP contribution is 2.48. The van der Waals surface area contributed by atoms with Crippen molar-refractivity contribution in [3.8, 4) is 6.07 Å². The minimum absolute atomic E-state index is 0.0239. The Morgan fingerprint density at radius 3 is 2.79 bits per heavy atom. The van der Waals surface area contributed by atoms with Crippen LogP contribution in [0.2, 0.25) is 0 Å². The minimum atomic E-state index is -0.334. The molecule has 0 saturated heterocycles. The second kappa shape index (κ2) is 7.65. The van der Waals surface area contributed by atoms with Gasteiger partial charge in [-0.3, -0.25) is 4.79 Å². The van der Waals surface area contributed by atoms with Crippen molar-refractivity contribution in [2.45, 2.75) is 46.4 Å². The molecule has 2 N–H and O–H groups in total. The maximum atomic E-state index is 12.2. The molecule has 0 saturated carbocycles. The maximum absolute atomic E-state index is 12.2. The summed E-state index contributed by atoms with van der Waals surface area (Å²) in [6.45, 7) is 5.91. The van der Waals surface area contributed by atoms with Crippen LogP contribution in [0.1, 0.15) is 46.1 Å². The summed E-state index contributed by atoms with van der Waals surface area (Å²) >= 11 is 0. The Morgan fingerprint density at radius 1 is 1.58 bits per heavy atom. The fourth-order valence-corrected chi connectivity index (χ4v) is 3.76. The van der Waals surface area contributed by atoms with Crippen molar-refractivity contribution in [3.63, 3.8) is 0 Å². The third-order valence-corrected chi connectivity index (χ3v) is 4.84. The Labute approximate surface area is 145 Å². The van der Waals surface area contributed by atoms with Gasteiger partial charge in [0.05, 0.1) is 11.3 Å². The topological polar surface area (TPSA) is 98.9 Å². The fourth-order valence-electron chi connectivity index (χ4n) is 3.76. The number of nitrogens with zero attached hydrogens (tertiary/aromatic N) is 3. The first-order valence-corrected chi connectivity index (χ1v) is 7.70. The fraction of sp³-hybridized carbons (Fsp3) is 0.556. The predicted octanol–water partition coefficient (Wildman–Crippen LogP) is 2.51. The number of carbonyl (C=O) groups excluding carboxylic acids is 1. The van der Waals surface area contributed by atoms with Gasteiger partial charge in [0, 0.05) is 25.9 Å². The Hall–Kier alpha value is -2.10. The minimum Gasteiger partial charge on any atom is -0.317 e. The Kier molecular flexibility index (Phi) is 5.81. The first-order chi connectivity index (χ1) is 11.9. The Bertz CT molecular complexity index is 699. The zero-order chi connectivity index (χ0) is 19.2. The third-order valence-electron chi connectivity index (χ3n) is 4.84. The number of hydroxylamine groups is 1. The van der Waals surface area contributed by atoms with E-state index in [0.29, 0.717) is 0 Å². The van der Waals surface area contributed by atoms with Gasteiger partial charge in [0.1, 0.15) is 11.9 Å². The first kappa shape index (κ1) is 18.2. The van der Waals surface area contributed by atoms with E-state index < -0.39 is 0 Å². The molecule has 1 heterocycles. The molecule has 6 heteroatoms. The number of hydrogen-bond acceptors (Lipinski definition) is 6. The van der Waals surface area contributed by atoms with E-state index in [1.165, 1.54) is 14.5 Å². The predicted molar refractivity (Wildman–Crippen MR) is 91.4 cm³/mol. The highest BCUT2D eigenvalue weighted by atomic mass is 16.5. The van der Waals surface area contributed by atoms with Crippen LogP contribution in [0.4, 0.5) is 0 Å². The van der Waals surface area contributed by atoms with Gasteiger partial charge < -0.3 is 5.21 Å². The summed E-state index contributed by atoms with van der Waals surface area (Å²) in [5.74, 6) is 0.809. The van der Waals surface area contributed by atoms with Gasteiger partial charge in [-0.1, -0.05) is 27.3 Å². The number of nitrogens with one attached hydrogen (secondary N) is 1. The maximum Gasteiger partial charge on any atom is 0.176 e. The molecule has 0 amide bonds. The highest BCUT2D eigenvalue weighted by molar-refractivity contribution is 6.02. The number of aromatic nitrogens is 2. The van der Waals surface area contributed by atoms with Gasteiger partial charge in [-0.25, -0.2) is 15.4 Å². The van der Waals surface area contributed by atoms with Crippen LogP contribution < -0.4 is 5.48 Å². The van der Waals surface area contributed by atoms with E-state index in [0.717, 1.165) is 29.9 Å². The molecule has 0 bridgehead atoms. The normalized spacial score (nSPS) is 27.6. The van der Waals surface area contributed by atoms with Crippen LogP contribution in [0.25, 0.3) is 0 Å². The van der Waals surface area contributed by atoms with Gasteiger partial charge in [-0.15, -0.1) is 0 Å². The van der Waals surface area contributed by atoms with Crippen LogP contribution in [0, 0.1) is 30.1 Å². The summed E-state index contributed by atoms with van der Waals surface area (Å²) in [6, 6.07) is 2.06. The third kappa shape index (κ3) is 3.23. The van der Waals surface area contributed by atoms with E-state index >= 15 is 0 Å². The summed E-state index contributed by atoms with van der Waals surface area (Å²) in [6.07, 6.45) is 5.58. The molecular formula is C18H26N4O2. The lowest BCUT2D eigenvalue weighted by molar-refractivity contribution is -0.121. The van der Waals surface area contributed by atoms with Crippen molar-refractivity contribution in [2.75, 3.05) is 7.05 Å². The van der Waals surface area contributed by atoms with Gasteiger partial charge in [-0.2, -0.15) is 5.26 Å². The summed E-state index contributed by atoms with van der Waals surface area (Å²) in [5, 5.41) is 16.5. The van der Waals surface area contributed by atoms with E-state index in [-0.39, 0.29) is 28.6 Å². The number of fused-ring (bicyclic) bond motifs is 3. The van der Waals surface area contributed by atoms with E-state index in [9.17, 15) is 10.1 Å². The second-order valence-electron chi connectivity index (χ2n) is 6.27.